The molecule has 4 rings (SSSR count). The molecule has 1 aliphatic heterocycles. The van der Waals surface area contributed by atoms with Crippen molar-refractivity contribution < 1.29 is 23.5 Å². The maximum atomic E-state index is 13.6. The largest absolute Gasteiger partial charge is 0.454 e. The van der Waals surface area contributed by atoms with Crippen LogP contribution in [0.25, 0.3) is 0 Å². The lowest BCUT2D eigenvalue weighted by Crippen LogP contribution is -2.45. The second-order valence-electron chi connectivity index (χ2n) is 8.73. The molecular formula is C26H28FN3O4S. The van der Waals surface area contributed by atoms with Gasteiger partial charge in [0, 0.05) is 23.7 Å². The highest BCUT2D eigenvalue weighted by Crippen LogP contribution is 2.33. The van der Waals surface area contributed by atoms with Crippen LogP contribution in [0, 0.1) is 11.7 Å². The second kappa shape index (κ2) is 11.2. The van der Waals surface area contributed by atoms with Gasteiger partial charge in [-0.1, -0.05) is 32.0 Å². The molecule has 184 valence electrons. The fourth-order valence-corrected chi connectivity index (χ4v) is 4.49. The first-order valence-electron chi connectivity index (χ1n) is 11.4. The van der Waals surface area contributed by atoms with Gasteiger partial charge in [0.2, 0.25) is 12.7 Å². The van der Waals surface area contributed by atoms with E-state index in [0.717, 1.165) is 10.4 Å². The van der Waals surface area contributed by atoms with Crippen LogP contribution < -0.4 is 14.8 Å². The predicted octanol–water partition coefficient (Wildman–Crippen LogP) is 5.33. The van der Waals surface area contributed by atoms with Crippen molar-refractivity contribution in [1.29, 1.82) is 0 Å². The lowest BCUT2D eigenvalue weighted by molar-refractivity contribution is -0.133. The molecule has 3 amide bonds. The van der Waals surface area contributed by atoms with Gasteiger partial charge >= 0.3 is 6.03 Å². The van der Waals surface area contributed by atoms with Gasteiger partial charge in [-0.05, 0) is 53.3 Å². The van der Waals surface area contributed by atoms with Gasteiger partial charge < -0.3 is 24.6 Å². The molecule has 1 aliphatic rings. The first-order chi connectivity index (χ1) is 16.9. The number of anilines is 1. The van der Waals surface area contributed by atoms with Crippen LogP contribution in [-0.2, 0) is 17.9 Å². The molecule has 2 heterocycles. The number of thiophene rings is 1. The molecule has 7 nitrogen and oxygen atoms in total. The van der Waals surface area contributed by atoms with Crippen LogP contribution in [-0.4, -0.2) is 41.6 Å². The number of hydrogen-bond donors (Lipinski definition) is 1. The Morgan fingerprint density at radius 1 is 1.03 bits per heavy atom. The SMILES string of the molecule is CC(C)CN(CC(=O)N(Cc1ccc2c(c1)OCO2)Cc1cccs1)C(=O)Nc1cccc(F)c1. The lowest BCUT2D eigenvalue weighted by atomic mass is 10.1. The normalized spacial score (nSPS) is 12.0. The number of carbonyl (C=O) groups is 2. The van der Waals surface area contributed by atoms with E-state index in [1.54, 1.807) is 22.3 Å². The quantitative estimate of drug-likeness (QED) is 0.434. The first kappa shape index (κ1) is 24.5. The number of urea groups is 1. The Hall–Kier alpha value is -3.59. The Labute approximate surface area is 208 Å². The Balaban J connectivity index is 1.50. The van der Waals surface area contributed by atoms with E-state index < -0.39 is 11.8 Å². The van der Waals surface area contributed by atoms with E-state index in [1.807, 2.05) is 49.6 Å². The zero-order valence-electron chi connectivity index (χ0n) is 19.7. The zero-order valence-corrected chi connectivity index (χ0v) is 20.5. The molecule has 1 N–H and O–H groups in total. The number of rotatable bonds is 9. The average Bonchev–Trinajstić information content (AvgIpc) is 3.49. The number of fused-ring (bicyclic) bond motifs is 1. The van der Waals surface area contributed by atoms with Crippen LogP contribution in [0.4, 0.5) is 14.9 Å². The van der Waals surface area contributed by atoms with Gasteiger partial charge in [-0.15, -0.1) is 11.3 Å². The van der Waals surface area contributed by atoms with Crippen molar-refractivity contribution in [3.63, 3.8) is 0 Å². The van der Waals surface area contributed by atoms with Crippen LogP contribution in [0.1, 0.15) is 24.3 Å². The average molecular weight is 498 g/mol. The summed E-state index contributed by atoms with van der Waals surface area (Å²) in [6, 6.07) is 14.8. The maximum Gasteiger partial charge on any atom is 0.322 e. The molecule has 0 atom stereocenters. The standard InChI is InChI=1S/C26H28FN3O4S/c1-18(2)13-30(26(32)28-21-6-3-5-20(27)12-21)16-25(31)29(15-22-7-4-10-35-22)14-19-8-9-23-24(11-19)34-17-33-23/h3-12,18H,13-17H2,1-2H3,(H,28,32). The summed E-state index contributed by atoms with van der Waals surface area (Å²) in [7, 11) is 0. The van der Waals surface area contributed by atoms with Crippen LogP contribution in [0.5, 0.6) is 11.5 Å². The van der Waals surface area contributed by atoms with E-state index in [0.29, 0.717) is 36.8 Å². The van der Waals surface area contributed by atoms with Crippen molar-refractivity contribution in [3.05, 3.63) is 76.2 Å². The second-order valence-corrected chi connectivity index (χ2v) is 9.76. The molecule has 0 fully saturated rings. The van der Waals surface area contributed by atoms with Crippen molar-refractivity contribution in [1.82, 2.24) is 9.80 Å². The fourth-order valence-electron chi connectivity index (χ4n) is 3.77. The van der Waals surface area contributed by atoms with Crippen LogP contribution in [0.15, 0.2) is 60.0 Å². The number of amides is 3. The number of benzene rings is 2. The van der Waals surface area contributed by atoms with E-state index in [9.17, 15) is 14.0 Å². The number of carbonyl (C=O) groups excluding carboxylic acids is 2. The highest BCUT2D eigenvalue weighted by atomic mass is 32.1. The topological polar surface area (TPSA) is 71.1 Å². The molecule has 35 heavy (non-hydrogen) atoms. The molecule has 0 saturated heterocycles. The molecule has 0 unspecified atom stereocenters. The minimum atomic E-state index is -0.447. The molecular weight excluding hydrogens is 469 g/mol. The summed E-state index contributed by atoms with van der Waals surface area (Å²) in [6.07, 6.45) is 0. The van der Waals surface area contributed by atoms with Gasteiger partial charge in [0.15, 0.2) is 11.5 Å². The van der Waals surface area contributed by atoms with E-state index >= 15 is 0 Å². The Morgan fingerprint density at radius 3 is 2.60 bits per heavy atom. The van der Waals surface area contributed by atoms with E-state index in [4.69, 9.17) is 9.47 Å². The van der Waals surface area contributed by atoms with Gasteiger partial charge in [0.25, 0.3) is 0 Å². The van der Waals surface area contributed by atoms with Gasteiger partial charge in [-0.2, -0.15) is 0 Å². The van der Waals surface area contributed by atoms with Crippen molar-refractivity contribution in [2.75, 3.05) is 25.2 Å². The number of nitrogens with zero attached hydrogens (tertiary/aromatic N) is 2. The highest BCUT2D eigenvalue weighted by Gasteiger charge is 2.24. The predicted molar refractivity (Wildman–Crippen MR) is 133 cm³/mol. The molecule has 0 spiro atoms. The monoisotopic (exact) mass is 497 g/mol. The number of halogens is 1. The zero-order chi connectivity index (χ0) is 24.8. The van der Waals surface area contributed by atoms with E-state index in [-0.39, 0.29) is 25.2 Å². The molecule has 0 bridgehead atoms. The Kier molecular flexibility index (Phi) is 7.87. The maximum absolute atomic E-state index is 13.6. The summed E-state index contributed by atoms with van der Waals surface area (Å²) in [4.78, 5) is 30.8. The number of hydrogen-bond acceptors (Lipinski definition) is 5. The van der Waals surface area contributed by atoms with Crippen molar-refractivity contribution >= 4 is 29.0 Å². The summed E-state index contributed by atoms with van der Waals surface area (Å²) >= 11 is 1.57. The van der Waals surface area contributed by atoms with E-state index in [2.05, 4.69) is 5.32 Å². The first-order valence-corrected chi connectivity index (χ1v) is 12.3. The van der Waals surface area contributed by atoms with Gasteiger partial charge in [0.05, 0.1) is 6.54 Å². The molecule has 3 aromatic rings. The summed E-state index contributed by atoms with van der Waals surface area (Å²) < 4.78 is 24.4. The van der Waals surface area contributed by atoms with Crippen molar-refractivity contribution in [2.45, 2.75) is 26.9 Å². The fraction of sp³-hybridized carbons (Fsp3) is 0.308. The highest BCUT2D eigenvalue weighted by molar-refractivity contribution is 7.09. The van der Waals surface area contributed by atoms with Crippen LogP contribution >= 0.6 is 11.3 Å². The van der Waals surface area contributed by atoms with Crippen molar-refractivity contribution in [3.8, 4) is 11.5 Å². The smallest absolute Gasteiger partial charge is 0.322 e. The summed E-state index contributed by atoms with van der Waals surface area (Å²) in [5.74, 6) is 0.843. The summed E-state index contributed by atoms with van der Waals surface area (Å²) in [5.41, 5.74) is 1.24. The van der Waals surface area contributed by atoms with Gasteiger partial charge in [-0.25, -0.2) is 9.18 Å². The molecule has 0 radical (unpaired) electrons. The third-order valence-electron chi connectivity index (χ3n) is 5.36. The molecule has 0 saturated carbocycles. The van der Waals surface area contributed by atoms with Crippen LogP contribution in [0.3, 0.4) is 0 Å². The molecule has 1 aromatic heterocycles. The molecule has 0 aliphatic carbocycles. The summed E-state index contributed by atoms with van der Waals surface area (Å²) in [5, 5.41) is 4.67. The minimum absolute atomic E-state index is 0.102. The van der Waals surface area contributed by atoms with Crippen molar-refractivity contribution in [2.24, 2.45) is 5.92 Å². The number of nitrogens with one attached hydrogen (secondary N) is 1. The van der Waals surface area contributed by atoms with Crippen LogP contribution in [0.2, 0.25) is 0 Å². The molecule has 2 aromatic carbocycles. The summed E-state index contributed by atoms with van der Waals surface area (Å²) in [6.45, 7) is 5.19. The third kappa shape index (κ3) is 6.73. The third-order valence-corrected chi connectivity index (χ3v) is 6.23. The number of ether oxygens (including phenoxy) is 2. The lowest BCUT2D eigenvalue weighted by Gasteiger charge is -2.29. The minimum Gasteiger partial charge on any atom is -0.454 e. The van der Waals surface area contributed by atoms with Gasteiger partial charge in [0.1, 0.15) is 12.4 Å². The van der Waals surface area contributed by atoms with E-state index in [1.165, 1.54) is 23.1 Å². The molecule has 9 heteroatoms. The Morgan fingerprint density at radius 2 is 1.86 bits per heavy atom. The Bertz CT molecular complexity index is 1170. The van der Waals surface area contributed by atoms with Gasteiger partial charge in [-0.3, -0.25) is 4.79 Å².